The maximum absolute atomic E-state index is 15.4. The lowest BCUT2D eigenvalue weighted by Crippen LogP contribution is -2.61. The summed E-state index contributed by atoms with van der Waals surface area (Å²) in [6.45, 7) is 10.8. The van der Waals surface area contributed by atoms with E-state index in [0.717, 1.165) is 4.90 Å². The van der Waals surface area contributed by atoms with Crippen molar-refractivity contribution in [2.45, 2.75) is 217 Å². The molecule has 3 aromatic rings. The molecule has 1 aliphatic heterocycles. The third-order valence-electron chi connectivity index (χ3n) is 19.3. The summed E-state index contributed by atoms with van der Waals surface area (Å²) in [4.78, 5) is 204. The predicted molar refractivity (Wildman–Crippen MR) is 434 cm³/mol. The lowest BCUT2D eigenvalue weighted by Gasteiger charge is -2.32. The van der Waals surface area contributed by atoms with Crippen LogP contribution >= 0.6 is 12.6 Å². The van der Waals surface area contributed by atoms with Gasteiger partial charge in [-0.25, -0.2) is 0 Å². The van der Waals surface area contributed by atoms with Crippen LogP contribution in [0.5, 0.6) is 23.0 Å². The molecule has 5 rings (SSSR count). The third kappa shape index (κ3) is 31.5. The van der Waals surface area contributed by atoms with E-state index in [1.165, 1.54) is 58.6 Å². The lowest BCUT2D eigenvalue weighted by molar-refractivity contribution is -0.142. The van der Waals surface area contributed by atoms with Crippen LogP contribution in [0, 0.1) is 28.1 Å². The van der Waals surface area contributed by atoms with E-state index >= 15 is 28.8 Å². The molecule has 22 N–H and O–H groups in total. The Morgan fingerprint density at radius 2 is 1.06 bits per heavy atom. The predicted octanol–water partition coefficient (Wildman–Crippen LogP) is 0.249. The van der Waals surface area contributed by atoms with Gasteiger partial charge < -0.3 is 99.7 Å². The van der Waals surface area contributed by atoms with E-state index < -0.39 is 181 Å². The standard InChI is InChI=1S/C79H116N18O19S/c1-42(2)32-53(65-58(99)38-79(6,7)39-59(65)100)85-29-15-14-20-50-70(107)95-56(35-46-23-25-47(98)26-24-46)75(112)93-51(22-17-31-87-78(83)84)72(109)96-76(113)57(36-64(103)104)89-55(34-45-18-12-11-13-19-45)74(111)94-54(33-43(3)4)73(110)91-49(21-16-30-86-77(81)82)69(106)88-40-63(102)97(41-48-61(117)37-60(114-8)67(116-10)66(48)115-9)44(5)68(105)90-52(71(108)92-50)27-28-62(80)101/h11-13,18-19,23-26,37,42-44,49-52,54-57,85,89,98,117H,14-17,20-22,27-36,38-41H2,1-10H3,(H2,80,101)(H,88,106)(H,90,105)(H,91,110)(H,92,108)(H,93,112)(H,94,111)(H,95,107)(H,103,104)(H4,81,82,86)(H4,83,84,87)(H,96,109,113)/t44-,49-,50-,51-,52-,54-,55-,56-,57-/m0/s1. The highest BCUT2D eigenvalue weighted by atomic mass is 32.1. The molecule has 38 heteroatoms. The molecule has 117 heavy (non-hydrogen) atoms. The number of thiol groups is 1. The Balaban J connectivity index is 1.76. The summed E-state index contributed by atoms with van der Waals surface area (Å²) < 4.78 is 17.0. The van der Waals surface area contributed by atoms with Crippen LogP contribution in [0.15, 0.2) is 76.8 Å². The van der Waals surface area contributed by atoms with Gasteiger partial charge in [-0.15, -0.1) is 12.6 Å². The Morgan fingerprint density at radius 3 is 1.60 bits per heavy atom. The van der Waals surface area contributed by atoms with Gasteiger partial charge in [0.1, 0.15) is 48.0 Å². The topological polar surface area (TPSA) is 580 Å². The molecule has 0 unspecified atom stereocenters. The zero-order valence-corrected chi connectivity index (χ0v) is 68.8. The molecule has 0 radical (unpaired) electrons. The monoisotopic (exact) mass is 1650 g/mol. The van der Waals surface area contributed by atoms with Crippen LogP contribution in [-0.2, 0) is 86.5 Å². The number of benzene rings is 3. The summed E-state index contributed by atoms with van der Waals surface area (Å²) in [6.07, 6.45) is -2.92. The Hall–Kier alpha value is -11.6. The summed E-state index contributed by atoms with van der Waals surface area (Å²) in [7, 11) is 3.95. The highest BCUT2D eigenvalue weighted by Gasteiger charge is 2.41. The molecular weight excluding hydrogens is 1540 g/mol. The fourth-order valence-corrected chi connectivity index (χ4v) is 13.6. The Morgan fingerprint density at radius 1 is 0.581 bits per heavy atom. The number of nitrogens with zero attached hydrogens (tertiary/aromatic N) is 1. The van der Waals surface area contributed by atoms with Crippen molar-refractivity contribution in [3.63, 3.8) is 0 Å². The van der Waals surface area contributed by atoms with Gasteiger partial charge in [-0.2, -0.15) is 0 Å². The molecule has 642 valence electrons. The number of aliphatic carboxylic acids is 1. The summed E-state index contributed by atoms with van der Waals surface area (Å²) in [6, 6.07) is -0.0619. The molecule has 0 spiro atoms. The number of carboxylic acid groups (broad SMARTS) is 1. The molecule has 2 fully saturated rings. The van der Waals surface area contributed by atoms with Gasteiger partial charge in [-0.05, 0) is 124 Å². The minimum atomic E-state index is -1.94. The summed E-state index contributed by atoms with van der Waals surface area (Å²) in [5.74, 6) is -15.2. The number of phenolic OH excluding ortho intramolecular Hbond substituents is 1. The van der Waals surface area contributed by atoms with Crippen molar-refractivity contribution in [1.82, 2.24) is 68.7 Å². The molecule has 1 saturated heterocycles. The number of ketones is 2. The van der Waals surface area contributed by atoms with Gasteiger partial charge >= 0.3 is 5.97 Å². The number of carbonyl (C=O) groups excluding carboxylic acids is 13. The zero-order chi connectivity index (χ0) is 87.0. The molecule has 0 bridgehead atoms. The van der Waals surface area contributed by atoms with E-state index in [1.54, 1.807) is 44.2 Å². The van der Waals surface area contributed by atoms with Crippen molar-refractivity contribution in [2.24, 2.45) is 34.5 Å². The van der Waals surface area contributed by atoms with E-state index in [4.69, 9.17) is 54.9 Å². The first-order chi connectivity index (χ1) is 55.2. The SMILES string of the molecule is COc1cc(S)c(CN2C(=O)CNC(=O)[C@H](CCCNC(=N)N)NC(=O)[C@H](CC(C)C)NC(=O)[C@H](Cc3ccccc3)N[C@@H](CC(=O)O)C(=O)NC(=O)[C@H](CCCNC(=N)N)NC(=O)[C@H](Cc3ccc(O)cc3)NC(=O)[C@H](CCCCNC(CC(C)C)=C3C(=O)CC(C)(C)CC3=O)NC(=O)[C@H](CCC(N)=O)NC(=O)[C@@H]2C)c(OC)c1OC. The van der Waals surface area contributed by atoms with Crippen LogP contribution in [-0.4, -0.2) is 211 Å². The highest BCUT2D eigenvalue weighted by molar-refractivity contribution is 7.80. The van der Waals surface area contributed by atoms with Gasteiger partial charge in [0.05, 0.1) is 58.5 Å². The van der Waals surface area contributed by atoms with E-state index in [2.05, 4.69) is 63.8 Å². The number of carboxylic acids is 1. The first-order valence-electron chi connectivity index (χ1n) is 38.8. The van der Waals surface area contributed by atoms with Crippen LogP contribution in [0.1, 0.15) is 155 Å². The van der Waals surface area contributed by atoms with Gasteiger partial charge in [0.2, 0.25) is 70.7 Å². The maximum Gasteiger partial charge on any atom is 0.305 e. The molecule has 1 aliphatic carbocycles. The average Bonchev–Trinajstić information content (AvgIpc) is 0.798. The molecule has 0 aromatic heterocycles. The third-order valence-corrected chi connectivity index (χ3v) is 19.7. The molecular formula is C79H116N18O19S. The fraction of sp³-hybridized carbons (Fsp3) is 0.544. The summed E-state index contributed by atoms with van der Waals surface area (Å²) >= 11 is 4.71. The first kappa shape index (κ1) is 96.0. The van der Waals surface area contributed by atoms with E-state index in [9.17, 15) is 48.6 Å². The van der Waals surface area contributed by atoms with Crippen molar-refractivity contribution < 1.29 is 91.5 Å². The second-order valence-corrected chi connectivity index (χ2v) is 31.0. The van der Waals surface area contributed by atoms with Crippen LogP contribution in [0.2, 0.25) is 0 Å². The number of imide groups is 1. The molecule has 37 nitrogen and oxygen atoms in total. The van der Waals surface area contributed by atoms with Gasteiger partial charge in [-0.1, -0.05) is 84.0 Å². The van der Waals surface area contributed by atoms with Crippen molar-refractivity contribution >= 4 is 107 Å². The van der Waals surface area contributed by atoms with E-state index in [-0.39, 0.29) is 153 Å². The number of hydrogen-bond donors (Lipinski definition) is 20. The Bertz CT molecular complexity index is 4070. The number of nitrogens with one attached hydrogen (secondary N) is 14. The fourth-order valence-electron chi connectivity index (χ4n) is 13.4. The van der Waals surface area contributed by atoms with Gasteiger partial charge in [-0.3, -0.25) is 88.6 Å². The van der Waals surface area contributed by atoms with Crippen LogP contribution in [0.4, 0.5) is 0 Å². The smallest absolute Gasteiger partial charge is 0.305 e. The van der Waals surface area contributed by atoms with Crippen molar-refractivity contribution in [2.75, 3.05) is 47.5 Å². The second-order valence-electron chi connectivity index (χ2n) is 30.5. The summed E-state index contributed by atoms with van der Waals surface area (Å²) in [5, 5.41) is 68.2. The number of carbonyl (C=O) groups is 14. The Labute approximate surface area is 685 Å². The van der Waals surface area contributed by atoms with Crippen LogP contribution < -0.4 is 95.2 Å². The minimum absolute atomic E-state index is 0.00361. The molecule has 9 atom stereocenters. The molecule has 11 amide bonds. The van der Waals surface area contributed by atoms with Crippen LogP contribution in [0.25, 0.3) is 0 Å². The van der Waals surface area contributed by atoms with Gasteiger partial charge in [0.15, 0.2) is 35.0 Å². The van der Waals surface area contributed by atoms with Crippen molar-refractivity contribution in [1.29, 1.82) is 10.8 Å². The average molecular weight is 1650 g/mol. The number of hydrogen-bond acceptors (Lipinski definition) is 23. The zero-order valence-electron chi connectivity index (χ0n) is 67.9. The first-order valence-corrected chi connectivity index (χ1v) is 39.2. The number of Topliss-reactive ketones (excluding diaryl/α,β-unsaturated/α-hetero) is 2. The second kappa shape index (κ2) is 46.8. The largest absolute Gasteiger partial charge is 0.508 e. The van der Waals surface area contributed by atoms with Gasteiger partial charge in [0, 0.05) is 61.5 Å². The number of amides is 11. The van der Waals surface area contributed by atoms with Crippen molar-refractivity contribution in [3.8, 4) is 23.0 Å². The number of phenols is 1. The van der Waals surface area contributed by atoms with Crippen molar-refractivity contribution in [3.05, 3.63) is 88.6 Å². The number of guanidine groups is 2. The number of primary amides is 1. The number of methoxy groups -OCH3 is 3. The molecule has 2 aliphatic rings. The lowest BCUT2D eigenvalue weighted by atomic mass is 9.73. The summed E-state index contributed by atoms with van der Waals surface area (Å²) in [5.41, 5.74) is 17.7. The minimum Gasteiger partial charge on any atom is -0.508 e. The molecule has 3 aromatic carbocycles. The molecule has 1 heterocycles. The number of nitrogens with two attached hydrogens (primary N) is 3. The highest BCUT2D eigenvalue weighted by Crippen LogP contribution is 2.44. The molecule has 1 saturated carbocycles. The number of unbranched alkanes of at least 4 members (excludes halogenated alkanes) is 1. The van der Waals surface area contributed by atoms with E-state index in [0.29, 0.717) is 23.2 Å². The number of ether oxygens (including phenoxy) is 3. The normalized spacial score (nSPS) is 21.4. The Kier molecular flexibility index (Phi) is 38.4. The van der Waals surface area contributed by atoms with Gasteiger partial charge in [0.25, 0.3) is 0 Å². The number of allylic oxidation sites excluding steroid dienone is 2. The van der Waals surface area contributed by atoms with E-state index in [1.807, 2.05) is 27.7 Å². The number of rotatable bonds is 32. The van der Waals surface area contributed by atoms with Crippen LogP contribution in [0.3, 0.4) is 0 Å². The maximum atomic E-state index is 15.4. The number of aromatic hydroxyl groups is 1. The quantitative estimate of drug-likeness (QED) is 0.00757.